The van der Waals surface area contributed by atoms with Crippen molar-refractivity contribution >= 4 is 0 Å². The number of oxazole rings is 1. The Morgan fingerprint density at radius 3 is 2.65 bits per heavy atom. The maximum Gasteiger partial charge on any atom is 0.437 e. The minimum atomic E-state index is -0.601. The second kappa shape index (κ2) is 5.45. The maximum absolute atomic E-state index is 11.8. The van der Waals surface area contributed by atoms with Gasteiger partial charge in [0, 0.05) is 5.56 Å². The van der Waals surface area contributed by atoms with Crippen LogP contribution in [0.25, 0.3) is 23.0 Å². The highest BCUT2D eigenvalue weighted by Gasteiger charge is 2.15. The summed E-state index contributed by atoms with van der Waals surface area (Å²) in [6.07, 6.45) is 3.10. The highest BCUT2D eigenvalue weighted by atomic mass is 16.4. The number of hydrogen-bond donors (Lipinski definition) is 0. The summed E-state index contributed by atoms with van der Waals surface area (Å²) in [6.45, 7) is 0.0792. The molecule has 0 unspecified atom stereocenters. The Hall–Kier alpha value is -3.35. The predicted octanol–water partition coefficient (Wildman–Crippen LogP) is 2.80. The van der Waals surface area contributed by atoms with E-state index in [0.29, 0.717) is 17.4 Å². The third kappa shape index (κ3) is 2.59. The lowest BCUT2D eigenvalue weighted by Gasteiger charge is -1.95. The van der Waals surface area contributed by atoms with Gasteiger partial charge in [-0.1, -0.05) is 30.3 Å². The van der Waals surface area contributed by atoms with Crippen LogP contribution in [0.4, 0.5) is 0 Å². The van der Waals surface area contributed by atoms with Gasteiger partial charge in [0.1, 0.15) is 6.54 Å². The van der Waals surface area contributed by atoms with Gasteiger partial charge in [-0.3, -0.25) is 0 Å². The second-order valence-corrected chi connectivity index (χ2v) is 4.79. The van der Waals surface area contributed by atoms with E-state index in [-0.39, 0.29) is 12.4 Å². The molecule has 3 aromatic heterocycles. The minimum Gasteiger partial charge on any atom is -0.459 e. The fourth-order valence-electron chi connectivity index (χ4n) is 2.15. The molecule has 3 heterocycles. The summed E-state index contributed by atoms with van der Waals surface area (Å²) >= 11 is 0. The summed E-state index contributed by atoms with van der Waals surface area (Å²) in [4.78, 5) is 16.0. The predicted molar refractivity (Wildman–Crippen MR) is 79.5 cm³/mol. The SMILES string of the molecule is O=c1oc(-c2ccco2)nn1Cc1ncc(-c2ccccc2)o1. The maximum atomic E-state index is 11.8. The molecule has 0 amide bonds. The molecule has 7 nitrogen and oxygen atoms in total. The normalized spacial score (nSPS) is 11.0. The molecule has 0 aliphatic rings. The first-order chi connectivity index (χ1) is 11.3. The Kier molecular flexibility index (Phi) is 3.16. The number of benzene rings is 1. The summed E-state index contributed by atoms with van der Waals surface area (Å²) in [5, 5.41) is 4.07. The standard InChI is InChI=1S/C16H11N3O4/c20-16-19(18-15(23-16)12-7-4-8-21-12)10-14-17-9-13(22-14)11-5-2-1-3-6-11/h1-9H,10H2. The molecule has 0 N–H and O–H groups in total. The van der Waals surface area contributed by atoms with Crippen LogP contribution in [-0.4, -0.2) is 14.8 Å². The third-order valence-corrected chi connectivity index (χ3v) is 3.24. The van der Waals surface area contributed by atoms with E-state index in [1.54, 1.807) is 18.3 Å². The van der Waals surface area contributed by atoms with Gasteiger partial charge in [0.2, 0.25) is 5.89 Å². The molecule has 114 valence electrons. The average molecular weight is 309 g/mol. The van der Waals surface area contributed by atoms with Crippen molar-refractivity contribution in [2.24, 2.45) is 0 Å². The highest BCUT2D eigenvalue weighted by Crippen LogP contribution is 2.20. The van der Waals surface area contributed by atoms with Crippen molar-refractivity contribution in [3.63, 3.8) is 0 Å². The van der Waals surface area contributed by atoms with E-state index in [9.17, 15) is 4.79 Å². The molecule has 1 aromatic carbocycles. The van der Waals surface area contributed by atoms with E-state index in [1.165, 1.54) is 6.26 Å². The number of aromatic nitrogens is 3. The molecule has 4 rings (SSSR count). The van der Waals surface area contributed by atoms with E-state index in [2.05, 4.69) is 10.1 Å². The summed E-state index contributed by atoms with van der Waals surface area (Å²) < 4.78 is 17.0. The molecule has 0 aliphatic carbocycles. The van der Waals surface area contributed by atoms with E-state index in [4.69, 9.17) is 13.3 Å². The van der Waals surface area contributed by atoms with E-state index in [0.717, 1.165) is 10.2 Å². The molecule has 0 saturated carbocycles. The Morgan fingerprint density at radius 1 is 1.00 bits per heavy atom. The molecule has 0 radical (unpaired) electrons. The minimum absolute atomic E-state index is 0.0792. The first kappa shape index (κ1) is 13.3. The molecule has 0 bridgehead atoms. The molecule has 4 aromatic rings. The van der Waals surface area contributed by atoms with Gasteiger partial charge in [0.25, 0.3) is 5.89 Å². The van der Waals surface area contributed by atoms with Crippen LogP contribution >= 0.6 is 0 Å². The largest absolute Gasteiger partial charge is 0.459 e. The van der Waals surface area contributed by atoms with Gasteiger partial charge in [-0.2, -0.15) is 4.68 Å². The van der Waals surface area contributed by atoms with Crippen LogP contribution in [0.3, 0.4) is 0 Å². The van der Waals surface area contributed by atoms with Crippen molar-refractivity contribution in [1.82, 2.24) is 14.8 Å². The van der Waals surface area contributed by atoms with Crippen LogP contribution in [0.15, 0.2) is 73.0 Å². The van der Waals surface area contributed by atoms with Crippen LogP contribution in [0.5, 0.6) is 0 Å². The lowest BCUT2D eigenvalue weighted by molar-refractivity contribution is 0.442. The monoisotopic (exact) mass is 309 g/mol. The summed E-state index contributed by atoms with van der Waals surface area (Å²) in [7, 11) is 0. The molecule has 23 heavy (non-hydrogen) atoms. The van der Waals surface area contributed by atoms with Gasteiger partial charge in [-0.05, 0) is 12.1 Å². The molecular weight excluding hydrogens is 298 g/mol. The zero-order valence-corrected chi connectivity index (χ0v) is 11.9. The smallest absolute Gasteiger partial charge is 0.437 e. The lowest BCUT2D eigenvalue weighted by Crippen LogP contribution is -2.16. The third-order valence-electron chi connectivity index (χ3n) is 3.24. The van der Waals surface area contributed by atoms with Crippen molar-refractivity contribution < 1.29 is 13.3 Å². The van der Waals surface area contributed by atoms with Crippen molar-refractivity contribution in [2.45, 2.75) is 6.54 Å². The zero-order valence-electron chi connectivity index (χ0n) is 11.9. The molecule has 0 saturated heterocycles. The highest BCUT2D eigenvalue weighted by molar-refractivity contribution is 5.55. The number of furan rings is 1. The Balaban J connectivity index is 1.60. The van der Waals surface area contributed by atoms with Crippen LogP contribution in [0, 0.1) is 0 Å². The van der Waals surface area contributed by atoms with Crippen LogP contribution in [-0.2, 0) is 6.54 Å². The molecule has 0 atom stereocenters. The first-order valence-electron chi connectivity index (χ1n) is 6.91. The zero-order chi connectivity index (χ0) is 15.6. The Labute approximate surface area is 129 Å². The average Bonchev–Trinajstić information content (AvgIpc) is 3.31. The topological polar surface area (TPSA) is 87.2 Å². The van der Waals surface area contributed by atoms with Gasteiger partial charge < -0.3 is 13.3 Å². The Bertz CT molecular complexity index is 964. The first-order valence-corrected chi connectivity index (χ1v) is 6.91. The van der Waals surface area contributed by atoms with Crippen LogP contribution in [0.1, 0.15) is 5.89 Å². The van der Waals surface area contributed by atoms with E-state index < -0.39 is 5.76 Å². The molecule has 7 heteroatoms. The fraction of sp³-hybridized carbons (Fsp3) is 0.0625. The van der Waals surface area contributed by atoms with Crippen molar-refractivity contribution in [2.75, 3.05) is 0 Å². The van der Waals surface area contributed by atoms with Crippen molar-refractivity contribution in [3.05, 3.63) is 71.4 Å². The van der Waals surface area contributed by atoms with Gasteiger partial charge in [-0.15, -0.1) is 5.10 Å². The summed E-state index contributed by atoms with van der Waals surface area (Å²) in [5.41, 5.74) is 0.912. The second-order valence-electron chi connectivity index (χ2n) is 4.79. The number of rotatable bonds is 4. The molecule has 0 fully saturated rings. The van der Waals surface area contributed by atoms with Gasteiger partial charge >= 0.3 is 5.76 Å². The van der Waals surface area contributed by atoms with Crippen molar-refractivity contribution in [3.8, 4) is 23.0 Å². The fourth-order valence-corrected chi connectivity index (χ4v) is 2.15. The van der Waals surface area contributed by atoms with Crippen molar-refractivity contribution in [1.29, 1.82) is 0 Å². The quantitative estimate of drug-likeness (QED) is 0.576. The summed E-state index contributed by atoms with van der Waals surface area (Å²) in [5.74, 6) is 0.901. The lowest BCUT2D eigenvalue weighted by atomic mass is 10.2. The number of nitrogens with zero attached hydrogens (tertiary/aromatic N) is 3. The molecule has 0 aliphatic heterocycles. The van der Waals surface area contributed by atoms with Gasteiger partial charge in [0.05, 0.1) is 12.5 Å². The summed E-state index contributed by atoms with van der Waals surface area (Å²) in [6, 6.07) is 12.9. The van der Waals surface area contributed by atoms with Gasteiger partial charge in [0.15, 0.2) is 11.5 Å². The van der Waals surface area contributed by atoms with E-state index >= 15 is 0 Å². The van der Waals surface area contributed by atoms with Crippen LogP contribution in [0.2, 0.25) is 0 Å². The molecule has 0 spiro atoms. The number of hydrogen-bond acceptors (Lipinski definition) is 6. The van der Waals surface area contributed by atoms with E-state index in [1.807, 2.05) is 30.3 Å². The molecular formula is C16H11N3O4. The Morgan fingerprint density at radius 2 is 1.87 bits per heavy atom. The van der Waals surface area contributed by atoms with Gasteiger partial charge in [-0.25, -0.2) is 9.78 Å². The van der Waals surface area contributed by atoms with Crippen LogP contribution < -0.4 is 5.76 Å².